The van der Waals surface area contributed by atoms with E-state index in [2.05, 4.69) is 4.72 Å². The van der Waals surface area contributed by atoms with Crippen molar-refractivity contribution >= 4 is 39.5 Å². The second-order valence-corrected chi connectivity index (χ2v) is 9.05. The summed E-state index contributed by atoms with van der Waals surface area (Å²) in [6.07, 6.45) is 3.35. The third-order valence-corrected chi connectivity index (χ3v) is 6.46. The van der Waals surface area contributed by atoms with Crippen molar-refractivity contribution in [1.29, 1.82) is 0 Å². The molecule has 2 N–H and O–H groups in total. The number of sulfonamides is 1. The minimum Gasteiger partial charge on any atom is -0.503 e. The average Bonchev–Trinajstić information content (AvgIpc) is 2.83. The standard InChI is InChI=1S/C24H24ClNO7S/c1-30-19-11-10-16(9-8-15-12-20(31-2)24(33-4)21(13-15)32-3)22(23(19)27)26-34(28,29)18-7-5-6-17(25)14-18/h5-14,26-27H,1-4H3/b9-8-. The van der Waals surface area contributed by atoms with E-state index in [1.807, 2.05) is 0 Å². The van der Waals surface area contributed by atoms with E-state index in [9.17, 15) is 13.5 Å². The van der Waals surface area contributed by atoms with Crippen LogP contribution in [0.2, 0.25) is 5.02 Å². The molecule has 3 aromatic rings. The number of nitrogens with one attached hydrogen (secondary N) is 1. The number of benzene rings is 3. The molecule has 3 rings (SSSR count). The largest absolute Gasteiger partial charge is 0.503 e. The van der Waals surface area contributed by atoms with Crippen LogP contribution >= 0.6 is 11.6 Å². The van der Waals surface area contributed by atoms with Gasteiger partial charge in [0.1, 0.15) is 5.69 Å². The first-order valence-corrected chi connectivity index (χ1v) is 11.8. The van der Waals surface area contributed by atoms with Crippen LogP contribution in [-0.2, 0) is 10.0 Å². The number of rotatable bonds is 9. The number of methoxy groups -OCH3 is 4. The topological polar surface area (TPSA) is 103 Å². The lowest BCUT2D eigenvalue weighted by Crippen LogP contribution is -2.14. The minimum atomic E-state index is -4.06. The Morgan fingerprint density at radius 3 is 2.06 bits per heavy atom. The second kappa shape index (κ2) is 10.6. The van der Waals surface area contributed by atoms with Gasteiger partial charge < -0.3 is 24.1 Å². The van der Waals surface area contributed by atoms with Gasteiger partial charge in [-0.15, -0.1) is 0 Å². The molecule has 0 heterocycles. The van der Waals surface area contributed by atoms with E-state index in [0.29, 0.717) is 28.4 Å². The molecule has 0 aliphatic heterocycles. The number of aromatic hydroxyl groups is 1. The maximum atomic E-state index is 13.0. The third kappa shape index (κ3) is 5.32. The number of halogens is 1. The summed E-state index contributed by atoms with van der Waals surface area (Å²) in [4.78, 5) is -0.0539. The highest BCUT2D eigenvalue weighted by atomic mass is 35.5. The quantitative estimate of drug-likeness (QED) is 0.310. The fourth-order valence-corrected chi connectivity index (χ4v) is 4.61. The summed E-state index contributed by atoms with van der Waals surface area (Å²) in [6, 6.07) is 12.4. The zero-order valence-corrected chi connectivity index (χ0v) is 20.5. The number of ether oxygens (including phenoxy) is 4. The van der Waals surface area contributed by atoms with Gasteiger partial charge in [-0.3, -0.25) is 4.72 Å². The lowest BCUT2D eigenvalue weighted by Gasteiger charge is -2.15. The van der Waals surface area contributed by atoms with Crippen molar-refractivity contribution in [3.63, 3.8) is 0 Å². The van der Waals surface area contributed by atoms with Gasteiger partial charge in [0.05, 0.1) is 33.3 Å². The predicted molar refractivity (Wildman–Crippen MR) is 132 cm³/mol. The van der Waals surface area contributed by atoms with Gasteiger partial charge in [-0.2, -0.15) is 0 Å². The molecule has 0 aliphatic carbocycles. The molecule has 10 heteroatoms. The van der Waals surface area contributed by atoms with Crippen molar-refractivity contribution in [1.82, 2.24) is 0 Å². The molecular weight excluding hydrogens is 482 g/mol. The Morgan fingerprint density at radius 2 is 1.50 bits per heavy atom. The molecule has 0 bridgehead atoms. The molecule has 0 aliphatic rings. The first-order valence-electron chi connectivity index (χ1n) is 9.90. The Labute approximate surface area is 203 Å². The van der Waals surface area contributed by atoms with Crippen molar-refractivity contribution in [2.75, 3.05) is 33.2 Å². The van der Waals surface area contributed by atoms with Crippen LogP contribution in [0.5, 0.6) is 28.7 Å². The highest BCUT2D eigenvalue weighted by Crippen LogP contribution is 2.41. The first kappa shape index (κ1) is 25.1. The van der Waals surface area contributed by atoms with Crippen LogP contribution < -0.4 is 23.7 Å². The van der Waals surface area contributed by atoms with Crippen LogP contribution in [0.25, 0.3) is 12.2 Å². The van der Waals surface area contributed by atoms with E-state index < -0.39 is 10.0 Å². The number of phenolic OH excluding ortho intramolecular Hbond substituents is 1. The molecule has 0 atom stereocenters. The van der Waals surface area contributed by atoms with Crippen molar-refractivity contribution < 1.29 is 32.5 Å². The van der Waals surface area contributed by atoms with Gasteiger partial charge in [-0.05, 0) is 48.0 Å². The van der Waals surface area contributed by atoms with Crippen molar-refractivity contribution in [3.8, 4) is 28.7 Å². The van der Waals surface area contributed by atoms with Crippen LogP contribution in [0.4, 0.5) is 5.69 Å². The molecule has 34 heavy (non-hydrogen) atoms. The van der Waals surface area contributed by atoms with Crippen LogP contribution in [0.1, 0.15) is 11.1 Å². The summed E-state index contributed by atoms with van der Waals surface area (Å²) >= 11 is 5.95. The van der Waals surface area contributed by atoms with Crippen LogP contribution in [0, 0.1) is 0 Å². The Kier molecular flexibility index (Phi) is 7.80. The van der Waals surface area contributed by atoms with Crippen molar-refractivity contribution in [2.45, 2.75) is 4.90 Å². The summed E-state index contributed by atoms with van der Waals surface area (Å²) in [5.41, 5.74) is 1.02. The second-order valence-electron chi connectivity index (χ2n) is 6.94. The van der Waals surface area contributed by atoms with Crippen molar-refractivity contribution in [2.24, 2.45) is 0 Å². The Morgan fingerprint density at radius 1 is 0.853 bits per heavy atom. The normalized spacial score (nSPS) is 11.3. The third-order valence-electron chi connectivity index (χ3n) is 4.88. The fraction of sp³-hybridized carbons (Fsp3) is 0.167. The minimum absolute atomic E-state index is 0.0528. The van der Waals surface area contributed by atoms with E-state index in [0.717, 1.165) is 0 Å². The molecule has 8 nitrogen and oxygen atoms in total. The average molecular weight is 506 g/mol. The van der Waals surface area contributed by atoms with Gasteiger partial charge in [0, 0.05) is 10.6 Å². The molecule has 0 fully saturated rings. The van der Waals surface area contributed by atoms with Gasteiger partial charge in [0.25, 0.3) is 10.0 Å². The Balaban J connectivity index is 2.07. The first-order chi connectivity index (χ1) is 16.2. The molecule has 0 saturated heterocycles. The van der Waals surface area contributed by atoms with E-state index in [4.69, 9.17) is 30.5 Å². The molecule has 0 spiro atoms. The summed E-state index contributed by atoms with van der Waals surface area (Å²) in [5, 5.41) is 11.0. The predicted octanol–water partition coefficient (Wildman–Crippen LogP) is 5.05. The lowest BCUT2D eigenvalue weighted by molar-refractivity contribution is 0.324. The molecule has 0 unspecified atom stereocenters. The van der Waals surface area contributed by atoms with Gasteiger partial charge in [-0.25, -0.2) is 8.42 Å². The van der Waals surface area contributed by atoms with E-state index in [-0.39, 0.29) is 27.1 Å². The molecule has 0 radical (unpaired) electrons. The lowest BCUT2D eigenvalue weighted by atomic mass is 10.1. The highest BCUT2D eigenvalue weighted by Gasteiger charge is 2.21. The van der Waals surface area contributed by atoms with Crippen LogP contribution in [-0.4, -0.2) is 42.0 Å². The van der Waals surface area contributed by atoms with E-state index in [1.54, 1.807) is 36.4 Å². The highest BCUT2D eigenvalue weighted by molar-refractivity contribution is 7.92. The fourth-order valence-electron chi connectivity index (χ4n) is 3.21. The Hall–Kier alpha value is -3.56. The zero-order chi connectivity index (χ0) is 24.9. The number of hydrogen-bond acceptors (Lipinski definition) is 7. The Bertz CT molecular complexity index is 1300. The summed E-state index contributed by atoms with van der Waals surface area (Å²) < 4.78 is 49.6. The molecule has 0 saturated carbocycles. The van der Waals surface area contributed by atoms with E-state index in [1.165, 1.54) is 52.7 Å². The van der Waals surface area contributed by atoms with E-state index >= 15 is 0 Å². The maximum Gasteiger partial charge on any atom is 0.262 e. The molecule has 0 aromatic heterocycles. The summed E-state index contributed by atoms with van der Waals surface area (Å²) in [5.74, 6) is 1.11. The number of anilines is 1. The summed E-state index contributed by atoms with van der Waals surface area (Å²) in [6.45, 7) is 0. The molecule has 3 aromatic carbocycles. The summed E-state index contributed by atoms with van der Waals surface area (Å²) in [7, 11) is 1.84. The molecule has 0 amide bonds. The molecular formula is C24H24ClNO7S. The maximum absolute atomic E-state index is 13.0. The van der Waals surface area contributed by atoms with Crippen LogP contribution in [0.15, 0.2) is 53.4 Å². The smallest absolute Gasteiger partial charge is 0.262 e. The zero-order valence-electron chi connectivity index (χ0n) is 19.0. The van der Waals surface area contributed by atoms with Gasteiger partial charge in [-0.1, -0.05) is 29.8 Å². The van der Waals surface area contributed by atoms with Crippen LogP contribution in [0.3, 0.4) is 0 Å². The van der Waals surface area contributed by atoms with Gasteiger partial charge in [0.15, 0.2) is 23.0 Å². The molecule has 180 valence electrons. The number of hydrogen-bond donors (Lipinski definition) is 2. The van der Waals surface area contributed by atoms with Crippen molar-refractivity contribution in [3.05, 3.63) is 64.7 Å². The van der Waals surface area contributed by atoms with Gasteiger partial charge >= 0.3 is 0 Å². The monoisotopic (exact) mass is 505 g/mol. The van der Waals surface area contributed by atoms with Gasteiger partial charge in [0.2, 0.25) is 5.75 Å². The SMILES string of the molecule is COc1ccc(/C=C\c2cc(OC)c(OC)c(OC)c2)c(NS(=O)(=O)c2cccc(Cl)c2)c1O. The number of phenols is 1.